The molecule has 1 unspecified atom stereocenters. The van der Waals surface area contributed by atoms with Crippen molar-refractivity contribution in [3.63, 3.8) is 0 Å². The van der Waals surface area contributed by atoms with Gasteiger partial charge in [-0.1, -0.05) is 120 Å². The lowest BCUT2D eigenvalue weighted by molar-refractivity contribution is -0.153. The van der Waals surface area contributed by atoms with Crippen molar-refractivity contribution in [1.82, 2.24) is 15.2 Å². The molecule has 3 heterocycles. The number of β-lactam (4-membered cyclic amide) rings is 1. The molecule has 5 aromatic rings. The van der Waals surface area contributed by atoms with E-state index in [1.165, 1.54) is 41.2 Å². The molecule has 2 atom stereocenters. The van der Waals surface area contributed by atoms with Gasteiger partial charge in [0.25, 0.3) is 11.8 Å². The highest BCUT2D eigenvalue weighted by Crippen LogP contribution is 2.42. The number of thioether (sulfide) groups is 1. The van der Waals surface area contributed by atoms with Crippen LogP contribution in [0.25, 0.3) is 0 Å². The minimum Gasteiger partial charge on any atom is -0.497 e. The molecule has 0 aliphatic carbocycles. The van der Waals surface area contributed by atoms with E-state index < -0.39 is 34.7 Å². The van der Waals surface area contributed by atoms with Gasteiger partial charge in [0, 0.05) is 11.1 Å². The number of benzene rings is 4. The van der Waals surface area contributed by atoms with Crippen LogP contribution >= 0.6 is 23.1 Å². The van der Waals surface area contributed by atoms with Gasteiger partial charge in [-0.3, -0.25) is 14.5 Å². The van der Waals surface area contributed by atoms with E-state index in [0.29, 0.717) is 22.2 Å². The van der Waals surface area contributed by atoms with E-state index >= 15 is 0 Å². The number of aliphatic hydroxyl groups is 1. The molecule has 0 bridgehead atoms. The van der Waals surface area contributed by atoms with Crippen LogP contribution in [0.15, 0.2) is 149 Å². The lowest BCUT2D eigenvalue weighted by atomic mass is 9.77. The average molecular weight is 802 g/mol. The Bertz CT molecular complexity index is 2200. The fourth-order valence-corrected chi connectivity index (χ4v) is 8.85. The van der Waals surface area contributed by atoms with Crippen LogP contribution in [-0.4, -0.2) is 76.5 Å². The van der Waals surface area contributed by atoms with Crippen LogP contribution < -0.4 is 15.4 Å². The van der Waals surface area contributed by atoms with E-state index in [9.17, 15) is 19.5 Å². The highest BCUT2D eigenvalue weighted by atomic mass is 32.2. The maximum absolute atomic E-state index is 13.9. The highest BCUT2D eigenvalue weighted by molar-refractivity contribution is 8.00. The van der Waals surface area contributed by atoms with Crippen molar-refractivity contribution < 1.29 is 33.8 Å². The Balaban J connectivity index is 1.12. The van der Waals surface area contributed by atoms with Gasteiger partial charge in [0.2, 0.25) is 0 Å². The van der Waals surface area contributed by atoms with Crippen LogP contribution in [0, 0.1) is 0 Å². The molecule has 290 valence electrons. The van der Waals surface area contributed by atoms with Gasteiger partial charge in [-0.05, 0) is 40.0 Å². The average Bonchev–Trinajstić information content (AvgIpc) is 3.73. The van der Waals surface area contributed by atoms with Gasteiger partial charge in [-0.25, -0.2) is 9.78 Å². The number of aromatic nitrogens is 1. The number of ether oxygens (including phenoxy) is 2. The summed E-state index contributed by atoms with van der Waals surface area (Å²) in [4.78, 5) is 52.5. The predicted octanol–water partition coefficient (Wildman–Crippen LogP) is 5.85. The predicted molar refractivity (Wildman–Crippen MR) is 220 cm³/mol. The summed E-state index contributed by atoms with van der Waals surface area (Å²) in [6, 6.07) is 36.3. The highest BCUT2D eigenvalue weighted by Gasteiger charge is 2.54. The number of nitrogens with zero attached hydrogens (tertiary/aromatic N) is 3. The zero-order chi connectivity index (χ0) is 39.8. The maximum atomic E-state index is 13.9. The van der Waals surface area contributed by atoms with Crippen LogP contribution in [0.2, 0.25) is 0 Å². The van der Waals surface area contributed by atoms with Crippen molar-refractivity contribution in [2.24, 2.45) is 5.16 Å². The number of allylic oxidation sites excluding steroid dienone is 1. The second-order valence-electron chi connectivity index (χ2n) is 12.9. The second-order valence-corrected chi connectivity index (χ2v) is 14.8. The number of aliphatic hydroxyl groups excluding tert-OH is 1. The Labute approximate surface area is 337 Å². The molecular formula is C43H39N5O7S2. The summed E-state index contributed by atoms with van der Waals surface area (Å²) < 4.78 is 10.8. The number of amides is 2. The molecule has 0 spiro atoms. The Kier molecular flexibility index (Phi) is 12.1. The number of rotatable bonds is 15. The smallest absolute Gasteiger partial charge is 0.355 e. The molecule has 12 nitrogen and oxygen atoms in total. The number of carbonyl (C=O) groups is 3. The Morgan fingerprint density at radius 1 is 0.930 bits per heavy atom. The van der Waals surface area contributed by atoms with Gasteiger partial charge in [0.1, 0.15) is 47.8 Å². The molecule has 3 N–H and O–H groups in total. The molecule has 0 radical (unpaired) electrons. The number of anilines is 1. The molecule has 0 saturated carbocycles. The van der Waals surface area contributed by atoms with Gasteiger partial charge >= 0.3 is 5.97 Å². The van der Waals surface area contributed by atoms with Crippen LogP contribution in [0.1, 0.15) is 27.9 Å². The van der Waals surface area contributed by atoms with E-state index in [0.717, 1.165) is 22.3 Å². The van der Waals surface area contributed by atoms with E-state index in [-0.39, 0.29) is 30.3 Å². The molecular weight excluding hydrogens is 763 g/mol. The van der Waals surface area contributed by atoms with Crippen LogP contribution in [0.5, 0.6) is 5.75 Å². The first kappa shape index (κ1) is 39.0. The molecule has 4 aromatic carbocycles. The van der Waals surface area contributed by atoms with Gasteiger partial charge in [0.15, 0.2) is 10.8 Å². The summed E-state index contributed by atoms with van der Waals surface area (Å²) in [6.45, 7) is -0.284. The minimum atomic E-state index is -0.976. The number of hydrogen-bond donors (Lipinski definition) is 3. The maximum Gasteiger partial charge on any atom is 0.355 e. The number of methoxy groups -OCH3 is 1. The number of carbonyl (C=O) groups excluding carboxylic acids is 3. The topological polar surface area (TPSA) is 152 Å². The number of fused-ring (bicyclic) bond motifs is 1. The Hall–Kier alpha value is -6.22. The molecule has 2 aliphatic heterocycles. The van der Waals surface area contributed by atoms with E-state index in [1.807, 2.05) is 54.6 Å². The molecule has 1 aromatic heterocycles. The third-order valence-electron chi connectivity index (χ3n) is 9.49. The van der Waals surface area contributed by atoms with Gasteiger partial charge in [-0.15, -0.1) is 23.1 Å². The van der Waals surface area contributed by atoms with Crippen molar-refractivity contribution in [2.75, 3.05) is 31.9 Å². The van der Waals surface area contributed by atoms with Crippen LogP contribution in [0.4, 0.5) is 5.13 Å². The second kappa shape index (κ2) is 17.7. The third kappa shape index (κ3) is 8.05. The third-order valence-corrected chi connectivity index (χ3v) is 11.6. The summed E-state index contributed by atoms with van der Waals surface area (Å²) in [6.07, 6.45) is 3.09. The summed E-state index contributed by atoms with van der Waals surface area (Å²) in [5.41, 5.74) is 3.51. The molecule has 1 saturated heterocycles. The van der Waals surface area contributed by atoms with Crippen molar-refractivity contribution in [1.29, 1.82) is 0 Å². The van der Waals surface area contributed by atoms with Crippen molar-refractivity contribution >= 4 is 51.7 Å². The summed E-state index contributed by atoms with van der Waals surface area (Å²) in [5, 5.41) is 21.6. The van der Waals surface area contributed by atoms with Crippen LogP contribution in [0.3, 0.4) is 0 Å². The summed E-state index contributed by atoms with van der Waals surface area (Å²) in [7, 11) is 2.89. The summed E-state index contributed by atoms with van der Waals surface area (Å²) in [5.74, 6) is -0.879. The van der Waals surface area contributed by atoms with E-state index in [1.54, 1.807) is 42.8 Å². The SMILES string of the molecule is CO/N=C(\C(=O)NC1C(=O)N2C(C(=O)OCc3ccc(OC)cc3)=C(/C=C\CO)CS[C@@H]12)c1csc(NC(c2ccccc2)(c2ccccc2)c2ccccc2)n1. The first-order valence-electron chi connectivity index (χ1n) is 18.0. The quantitative estimate of drug-likeness (QED) is 0.0387. The van der Waals surface area contributed by atoms with Gasteiger partial charge in [0.05, 0.1) is 13.7 Å². The van der Waals surface area contributed by atoms with E-state index in [2.05, 4.69) is 52.2 Å². The lowest BCUT2D eigenvalue weighted by Gasteiger charge is -2.49. The molecule has 2 amide bonds. The minimum absolute atomic E-state index is 0.0339. The zero-order valence-corrected chi connectivity index (χ0v) is 32.7. The fraction of sp³-hybridized carbons (Fsp3) is 0.186. The molecule has 57 heavy (non-hydrogen) atoms. The lowest BCUT2D eigenvalue weighted by Crippen LogP contribution is -2.71. The van der Waals surface area contributed by atoms with Crippen molar-refractivity contribution in [2.45, 2.75) is 23.6 Å². The monoisotopic (exact) mass is 801 g/mol. The molecule has 14 heteroatoms. The van der Waals surface area contributed by atoms with Crippen molar-refractivity contribution in [3.05, 3.63) is 172 Å². The van der Waals surface area contributed by atoms with E-state index in [4.69, 9.17) is 19.3 Å². The molecule has 1 fully saturated rings. The standard InChI is InChI=1S/C43H39N5O7S2/c1-53-33-22-20-28(21-23-33)25-55-41(52)37-29(13-12-24-49)26-56-40-36(39(51)48(37)40)45-38(50)35(47-54-2)34-27-57-42(44-34)46-43(30-14-6-3-7-15-30,31-16-8-4-9-17-31)32-18-10-5-11-19-32/h3-23,27,36,40,49H,24-26H2,1-2H3,(H,44,46)(H,45,50)/b13-12-,47-35-/t36?,40-/m0/s1. The first-order chi connectivity index (χ1) is 27.9. The number of hydrogen-bond acceptors (Lipinski definition) is 12. The number of esters is 1. The fourth-order valence-electron chi connectivity index (χ4n) is 6.78. The molecule has 7 rings (SSSR count). The molecule has 2 aliphatic rings. The van der Waals surface area contributed by atoms with Gasteiger partial charge < -0.3 is 30.1 Å². The van der Waals surface area contributed by atoms with Gasteiger partial charge in [-0.2, -0.15) is 0 Å². The van der Waals surface area contributed by atoms with Crippen molar-refractivity contribution in [3.8, 4) is 5.75 Å². The largest absolute Gasteiger partial charge is 0.497 e. The Morgan fingerprint density at radius 3 is 2.11 bits per heavy atom. The summed E-state index contributed by atoms with van der Waals surface area (Å²) >= 11 is 2.67. The normalized spacial score (nSPS) is 16.8. The van der Waals surface area contributed by atoms with Crippen LogP contribution in [-0.2, 0) is 36.1 Å². The number of nitrogens with one attached hydrogen (secondary N) is 2. The number of oxime groups is 1. The Morgan fingerprint density at radius 2 is 1.54 bits per heavy atom. The first-order valence-corrected chi connectivity index (χ1v) is 19.9. The zero-order valence-electron chi connectivity index (χ0n) is 31.0. The number of thiazole rings is 1.